The Morgan fingerprint density at radius 2 is 2.17 bits per heavy atom. The first kappa shape index (κ1) is 13.4. The molecule has 0 aliphatic carbocycles. The average molecular weight is 266 g/mol. The topological polar surface area (TPSA) is 20.3 Å². The van der Waals surface area contributed by atoms with Gasteiger partial charge in [0.2, 0.25) is 5.91 Å². The van der Waals surface area contributed by atoms with E-state index in [1.165, 1.54) is 24.0 Å². The normalized spacial score (nSPS) is 13.8. The Bertz CT molecular complexity index is 431. The molecule has 0 bridgehead atoms. The van der Waals surface area contributed by atoms with Gasteiger partial charge in [-0.1, -0.05) is 18.6 Å². The Hall–Kier alpha value is -1.02. The number of carbonyl (C=O) groups is 1. The highest BCUT2D eigenvalue weighted by Gasteiger charge is 2.21. The fourth-order valence-corrected chi connectivity index (χ4v) is 2.73. The van der Waals surface area contributed by atoms with E-state index in [0.29, 0.717) is 0 Å². The summed E-state index contributed by atoms with van der Waals surface area (Å²) in [6.45, 7) is 2.47. The number of benzene rings is 1. The van der Waals surface area contributed by atoms with Gasteiger partial charge in [0.15, 0.2) is 0 Å². The monoisotopic (exact) mass is 265 g/mol. The van der Waals surface area contributed by atoms with Gasteiger partial charge in [0.05, 0.1) is 0 Å². The first-order valence-corrected chi connectivity index (χ1v) is 7.21. The Balaban J connectivity index is 1.99. The molecule has 0 fully saturated rings. The summed E-state index contributed by atoms with van der Waals surface area (Å²) in [7, 11) is 0. The second-order valence-corrected chi connectivity index (χ2v) is 5.26. The van der Waals surface area contributed by atoms with Crippen LogP contribution in [0.1, 0.15) is 37.3 Å². The van der Waals surface area contributed by atoms with Crippen LogP contribution in [0, 0.1) is 0 Å². The minimum absolute atomic E-state index is 0.142. The molecule has 0 unspecified atom stereocenters. The summed E-state index contributed by atoms with van der Waals surface area (Å²) in [4.78, 5) is 13.3. The van der Waals surface area contributed by atoms with Crippen molar-refractivity contribution in [1.82, 2.24) is 0 Å². The van der Waals surface area contributed by atoms with Crippen molar-refractivity contribution in [1.29, 1.82) is 0 Å². The number of hydrogen-bond donors (Lipinski definition) is 0. The predicted molar refractivity (Wildman–Crippen MR) is 76.4 cm³/mol. The van der Waals surface area contributed by atoms with Crippen LogP contribution in [0.4, 0.5) is 5.69 Å². The molecular formula is C15H20ClNO. The molecule has 0 aromatic heterocycles. The summed E-state index contributed by atoms with van der Waals surface area (Å²) in [5.41, 5.74) is 3.81. The molecule has 1 heterocycles. The Kier molecular flexibility index (Phi) is 4.65. The number of alkyl halides is 1. The largest absolute Gasteiger partial charge is 0.312 e. The molecule has 1 aliphatic heterocycles. The van der Waals surface area contributed by atoms with E-state index in [2.05, 4.69) is 18.2 Å². The number of halogens is 1. The van der Waals surface area contributed by atoms with Crippen LogP contribution >= 0.6 is 11.6 Å². The Labute approximate surface area is 114 Å². The summed E-state index contributed by atoms with van der Waals surface area (Å²) in [6.07, 6.45) is 5.60. The number of fused-ring (bicyclic) bond motifs is 1. The molecule has 18 heavy (non-hydrogen) atoms. The molecule has 98 valence electrons. The zero-order chi connectivity index (χ0) is 13.0. The standard InChI is InChI=1S/C15H20ClNO/c1-12(18)17-10-8-14-11-13(6-7-15(14)17)5-3-2-4-9-16/h6-7,11H,2-5,8-10H2,1H3. The summed E-state index contributed by atoms with van der Waals surface area (Å²) < 4.78 is 0. The lowest BCUT2D eigenvalue weighted by Gasteiger charge is -2.14. The molecule has 3 heteroatoms. The lowest BCUT2D eigenvalue weighted by molar-refractivity contribution is -0.116. The third kappa shape index (κ3) is 3.05. The summed E-state index contributed by atoms with van der Waals surface area (Å²) in [5.74, 6) is 0.904. The van der Waals surface area contributed by atoms with Gasteiger partial charge in [0.1, 0.15) is 0 Å². The number of aryl methyl sites for hydroxylation is 1. The molecule has 0 N–H and O–H groups in total. The van der Waals surface area contributed by atoms with Crippen molar-refractivity contribution < 1.29 is 4.79 Å². The third-order valence-corrected chi connectivity index (χ3v) is 3.79. The minimum atomic E-state index is 0.142. The van der Waals surface area contributed by atoms with Crippen molar-refractivity contribution in [3.8, 4) is 0 Å². The number of nitrogens with zero attached hydrogens (tertiary/aromatic N) is 1. The highest BCUT2D eigenvalue weighted by molar-refractivity contribution is 6.17. The summed E-state index contributed by atoms with van der Waals surface area (Å²) in [6, 6.07) is 6.51. The SMILES string of the molecule is CC(=O)N1CCc2cc(CCCCCCl)ccc21. The van der Waals surface area contributed by atoms with E-state index in [1.54, 1.807) is 6.92 Å². The van der Waals surface area contributed by atoms with Crippen LogP contribution in [0.3, 0.4) is 0 Å². The lowest BCUT2D eigenvalue weighted by Crippen LogP contribution is -2.25. The second-order valence-electron chi connectivity index (χ2n) is 4.88. The van der Waals surface area contributed by atoms with Crippen molar-refractivity contribution in [2.45, 2.75) is 39.0 Å². The summed E-state index contributed by atoms with van der Waals surface area (Å²) >= 11 is 5.67. The van der Waals surface area contributed by atoms with E-state index in [1.807, 2.05) is 4.90 Å². The molecule has 0 saturated carbocycles. The molecule has 1 aromatic carbocycles. The van der Waals surface area contributed by atoms with Gasteiger partial charge in [-0.05, 0) is 42.9 Å². The van der Waals surface area contributed by atoms with Crippen molar-refractivity contribution in [2.24, 2.45) is 0 Å². The molecule has 0 saturated heterocycles. The van der Waals surface area contributed by atoms with Crippen molar-refractivity contribution in [3.63, 3.8) is 0 Å². The highest BCUT2D eigenvalue weighted by atomic mass is 35.5. The molecular weight excluding hydrogens is 246 g/mol. The van der Waals surface area contributed by atoms with Crippen LogP contribution in [0.15, 0.2) is 18.2 Å². The van der Waals surface area contributed by atoms with Gasteiger partial charge >= 0.3 is 0 Å². The van der Waals surface area contributed by atoms with Crippen molar-refractivity contribution >= 4 is 23.2 Å². The molecule has 2 nitrogen and oxygen atoms in total. The zero-order valence-electron chi connectivity index (χ0n) is 10.9. The fraction of sp³-hybridized carbons (Fsp3) is 0.533. The number of anilines is 1. The van der Waals surface area contributed by atoms with Gasteiger partial charge in [-0.25, -0.2) is 0 Å². The van der Waals surface area contributed by atoms with E-state index in [0.717, 1.165) is 37.4 Å². The molecule has 0 spiro atoms. The maximum atomic E-state index is 11.5. The smallest absolute Gasteiger partial charge is 0.223 e. The van der Waals surface area contributed by atoms with Gasteiger partial charge in [-0.3, -0.25) is 4.79 Å². The maximum Gasteiger partial charge on any atom is 0.223 e. The van der Waals surface area contributed by atoms with Crippen molar-refractivity contribution in [2.75, 3.05) is 17.3 Å². The van der Waals surface area contributed by atoms with E-state index in [-0.39, 0.29) is 5.91 Å². The molecule has 1 aromatic rings. The second kappa shape index (κ2) is 6.24. The first-order valence-electron chi connectivity index (χ1n) is 6.68. The van der Waals surface area contributed by atoms with Crippen molar-refractivity contribution in [3.05, 3.63) is 29.3 Å². The molecule has 1 amide bonds. The van der Waals surface area contributed by atoms with Crippen LogP contribution < -0.4 is 4.90 Å². The van der Waals surface area contributed by atoms with Gasteiger partial charge in [-0.15, -0.1) is 11.6 Å². The summed E-state index contributed by atoms with van der Waals surface area (Å²) in [5, 5.41) is 0. The van der Waals surface area contributed by atoms with E-state index < -0.39 is 0 Å². The molecule has 1 aliphatic rings. The van der Waals surface area contributed by atoms with E-state index in [9.17, 15) is 4.79 Å². The Morgan fingerprint density at radius 1 is 1.33 bits per heavy atom. The van der Waals surface area contributed by atoms with Crippen LogP contribution in [-0.4, -0.2) is 18.3 Å². The predicted octanol–water partition coefficient (Wildman–Crippen LogP) is 3.55. The number of carbonyl (C=O) groups excluding carboxylic acids is 1. The maximum absolute atomic E-state index is 11.5. The van der Waals surface area contributed by atoms with Crippen LogP contribution in [-0.2, 0) is 17.6 Å². The van der Waals surface area contributed by atoms with Gasteiger partial charge in [0.25, 0.3) is 0 Å². The number of hydrogen-bond acceptors (Lipinski definition) is 1. The number of rotatable bonds is 5. The van der Waals surface area contributed by atoms with Crippen LogP contribution in [0.2, 0.25) is 0 Å². The molecule has 0 radical (unpaired) electrons. The van der Waals surface area contributed by atoms with Crippen LogP contribution in [0.5, 0.6) is 0 Å². The van der Waals surface area contributed by atoms with Gasteiger partial charge in [-0.2, -0.15) is 0 Å². The third-order valence-electron chi connectivity index (χ3n) is 3.52. The fourth-order valence-electron chi connectivity index (χ4n) is 2.54. The van der Waals surface area contributed by atoms with E-state index in [4.69, 9.17) is 11.6 Å². The van der Waals surface area contributed by atoms with Gasteiger partial charge < -0.3 is 4.90 Å². The highest BCUT2D eigenvalue weighted by Crippen LogP contribution is 2.29. The Morgan fingerprint density at radius 3 is 2.89 bits per heavy atom. The lowest BCUT2D eigenvalue weighted by atomic mass is 10.0. The van der Waals surface area contributed by atoms with Crippen LogP contribution in [0.25, 0.3) is 0 Å². The zero-order valence-corrected chi connectivity index (χ0v) is 11.7. The molecule has 2 rings (SSSR count). The van der Waals surface area contributed by atoms with E-state index >= 15 is 0 Å². The first-order chi connectivity index (χ1) is 8.72. The number of amides is 1. The van der Waals surface area contributed by atoms with Gasteiger partial charge in [0, 0.05) is 25.0 Å². The minimum Gasteiger partial charge on any atom is -0.312 e. The number of unbranched alkanes of at least 4 members (excludes halogenated alkanes) is 2. The average Bonchev–Trinajstić information content (AvgIpc) is 2.77. The molecule has 0 atom stereocenters. The quantitative estimate of drug-likeness (QED) is 0.589.